The third-order valence-electron chi connectivity index (χ3n) is 2.86. The minimum absolute atomic E-state index is 0.0324. The lowest BCUT2D eigenvalue weighted by molar-refractivity contribution is 0.00790. The highest BCUT2D eigenvalue weighted by Gasteiger charge is 2.27. The number of fused-ring (bicyclic) bond motifs is 1. The summed E-state index contributed by atoms with van der Waals surface area (Å²) >= 11 is 1.37. The number of ketones is 1. The van der Waals surface area contributed by atoms with E-state index >= 15 is 0 Å². The second kappa shape index (κ2) is 6.74. The molecule has 1 aliphatic heterocycles. The molecule has 20 heavy (non-hydrogen) atoms. The third kappa shape index (κ3) is 3.72. The number of hydrogen-bond donors (Lipinski definition) is 1. The molecule has 4 nitrogen and oxygen atoms in total. The maximum Gasteiger partial charge on any atom is 0.410 e. The quantitative estimate of drug-likeness (QED) is 0.924. The number of rotatable bonds is 4. The van der Waals surface area contributed by atoms with Crippen LogP contribution in [0.2, 0.25) is 0 Å². The Balaban J connectivity index is 1.93. The van der Waals surface area contributed by atoms with Crippen LogP contribution in [0.1, 0.15) is 36.5 Å². The van der Waals surface area contributed by atoms with Gasteiger partial charge in [0.1, 0.15) is 0 Å². The first-order valence-corrected chi connectivity index (χ1v) is 7.38. The van der Waals surface area contributed by atoms with Crippen LogP contribution in [-0.4, -0.2) is 23.6 Å². The smallest absolute Gasteiger partial charge is 0.410 e. The summed E-state index contributed by atoms with van der Waals surface area (Å²) in [7, 11) is 0. The zero-order valence-electron chi connectivity index (χ0n) is 11.1. The normalized spacial score (nSPS) is 19.1. The lowest BCUT2D eigenvalue weighted by Gasteiger charge is -2.23. The summed E-state index contributed by atoms with van der Waals surface area (Å²) in [6.07, 6.45) is -1.47. The van der Waals surface area contributed by atoms with Crippen molar-refractivity contribution in [2.45, 2.75) is 42.8 Å². The van der Waals surface area contributed by atoms with Crippen molar-refractivity contribution in [3.63, 3.8) is 0 Å². The molecule has 1 heterocycles. The number of nitrogens with one attached hydrogen (secondary N) is 1. The molecular formula is C14H16FNO3S. The molecule has 2 atom stereocenters. The molecule has 1 aromatic carbocycles. The van der Waals surface area contributed by atoms with Gasteiger partial charge in [0.15, 0.2) is 5.78 Å². The van der Waals surface area contributed by atoms with Crippen LogP contribution in [0.25, 0.3) is 0 Å². The lowest BCUT2D eigenvalue weighted by Crippen LogP contribution is -2.37. The lowest BCUT2D eigenvalue weighted by atomic mass is 10.1. The molecule has 0 bridgehead atoms. The van der Waals surface area contributed by atoms with Crippen LogP contribution in [0.15, 0.2) is 29.2 Å². The van der Waals surface area contributed by atoms with E-state index in [0.29, 0.717) is 12.0 Å². The zero-order chi connectivity index (χ0) is 14.5. The van der Waals surface area contributed by atoms with E-state index in [4.69, 9.17) is 0 Å². The predicted molar refractivity (Wildman–Crippen MR) is 74.5 cm³/mol. The predicted octanol–water partition coefficient (Wildman–Crippen LogP) is 3.51. The Morgan fingerprint density at radius 2 is 2.30 bits per heavy atom. The van der Waals surface area contributed by atoms with Crippen molar-refractivity contribution < 1.29 is 18.7 Å². The first kappa shape index (κ1) is 14.8. The molecule has 1 aromatic rings. The van der Waals surface area contributed by atoms with Gasteiger partial charge in [-0.05, 0) is 12.5 Å². The Hall–Kier alpha value is -1.56. The van der Waals surface area contributed by atoms with E-state index < -0.39 is 17.8 Å². The molecule has 1 aliphatic rings. The monoisotopic (exact) mass is 297 g/mol. The van der Waals surface area contributed by atoms with Crippen LogP contribution >= 0.6 is 11.8 Å². The molecule has 1 N–H and O–H groups in total. The summed E-state index contributed by atoms with van der Waals surface area (Å²) in [5.74, 6) is -0.0324. The highest BCUT2D eigenvalue weighted by Crippen LogP contribution is 2.33. The maximum atomic E-state index is 13.2. The highest BCUT2D eigenvalue weighted by molar-refractivity contribution is 8.00. The van der Waals surface area contributed by atoms with Crippen LogP contribution in [-0.2, 0) is 4.74 Å². The third-order valence-corrected chi connectivity index (χ3v) is 4.04. The molecule has 0 saturated heterocycles. The molecule has 0 spiro atoms. The number of thioether (sulfide) groups is 1. The van der Waals surface area contributed by atoms with Crippen molar-refractivity contribution in [3.05, 3.63) is 29.8 Å². The van der Waals surface area contributed by atoms with Gasteiger partial charge in [-0.15, -0.1) is 0 Å². The van der Waals surface area contributed by atoms with Gasteiger partial charge >= 0.3 is 6.09 Å². The molecule has 2 rings (SSSR count). The fraction of sp³-hybridized carbons (Fsp3) is 0.429. The van der Waals surface area contributed by atoms with Gasteiger partial charge in [0.2, 0.25) is 6.36 Å². The van der Waals surface area contributed by atoms with Crippen LogP contribution in [0.3, 0.4) is 0 Å². The topological polar surface area (TPSA) is 55.4 Å². The van der Waals surface area contributed by atoms with Gasteiger partial charge in [-0.1, -0.05) is 36.9 Å². The van der Waals surface area contributed by atoms with Gasteiger partial charge in [0.25, 0.3) is 0 Å². The van der Waals surface area contributed by atoms with E-state index in [2.05, 4.69) is 10.1 Å². The van der Waals surface area contributed by atoms with Gasteiger partial charge in [-0.3, -0.25) is 4.79 Å². The van der Waals surface area contributed by atoms with Crippen molar-refractivity contribution in [2.24, 2.45) is 0 Å². The molecular weight excluding hydrogens is 281 g/mol. The summed E-state index contributed by atoms with van der Waals surface area (Å²) in [6.45, 7) is 1.81. The molecule has 0 radical (unpaired) electrons. The minimum atomic E-state index is -1.60. The molecule has 0 fully saturated rings. The Kier molecular flexibility index (Phi) is 5.00. The van der Waals surface area contributed by atoms with Crippen molar-refractivity contribution in [2.75, 3.05) is 0 Å². The number of alkyl halides is 1. The van der Waals surface area contributed by atoms with Crippen LogP contribution < -0.4 is 5.32 Å². The van der Waals surface area contributed by atoms with Gasteiger partial charge in [-0.25, -0.2) is 9.18 Å². The fourth-order valence-corrected chi connectivity index (χ4v) is 3.08. The summed E-state index contributed by atoms with van der Waals surface area (Å²) in [6, 6.07) is 7.22. The second-order valence-electron chi connectivity index (χ2n) is 4.48. The number of benzene rings is 1. The van der Waals surface area contributed by atoms with Crippen molar-refractivity contribution in [1.82, 2.24) is 5.32 Å². The molecule has 1 amide bonds. The van der Waals surface area contributed by atoms with Crippen molar-refractivity contribution in [3.8, 4) is 0 Å². The first-order valence-electron chi connectivity index (χ1n) is 6.50. The van der Waals surface area contributed by atoms with Gasteiger partial charge in [0, 0.05) is 23.3 Å². The number of carbonyl (C=O) groups excluding carboxylic acids is 2. The molecule has 0 aliphatic carbocycles. The highest BCUT2D eigenvalue weighted by atomic mass is 32.2. The molecule has 0 aromatic heterocycles. The SMILES string of the molecule is CCCC(F)OC(=O)NC1CC(=O)c2ccccc2S1. The largest absolute Gasteiger partial charge is 0.415 e. The van der Waals surface area contributed by atoms with Gasteiger partial charge < -0.3 is 10.1 Å². The number of hydrogen-bond acceptors (Lipinski definition) is 4. The molecule has 108 valence electrons. The van der Waals surface area contributed by atoms with E-state index in [1.807, 2.05) is 12.1 Å². The minimum Gasteiger partial charge on any atom is -0.415 e. The number of halogens is 1. The summed E-state index contributed by atoms with van der Waals surface area (Å²) < 4.78 is 17.7. The fourth-order valence-electron chi connectivity index (χ4n) is 1.92. The number of Topliss-reactive ketones (excluding diaryl/α,β-unsaturated/α-hetero) is 1. The number of alkyl carbamates (subject to hydrolysis) is 1. The summed E-state index contributed by atoms with van der Waals surface area (Å²) in [4.78, 5) is 24.3. The molecule has 6 heteroatoms. The first-order chi connectivity index (χ1) is 9.60. The average molecular weight is 297 g/mol. The maximum absolute atomic E-state index is 13.2. The van der Waals surface area contributed by atoms with Crippen LogP contribution in [0.5, 0.6) is 0 Å². The number of amides is 1. The zero-order valence-corrected chi connectivity index (χ0v) is 11.9. The van der Waals surface area contributed by atoms with Crippen LogP contribution in [0, 0.1) is 0 Å². The van der Waals surface area contributed by atoms with E-state index in [1.165, 1.54) is 11.8 Å². The van der Waals surface area contributed by atoms with E-state index in [0.717, 1.165) is 4.90 Å². The number of carbonyl (C=O) groups is 2. The summed E-state index contributed by atoms with van der Waals surface area (Å²) in [5, 5.41) is 2.10. The molecule has 2 unspecified atom stereocenters. The summed E-state index contributed by atoms with van der Waals surface area (Å²) in [5.41, 5.74) is 0.665. The Morgan fingerprint density at radius 3 is 3.05 bits per heavy atom. The second-order valence-corrected chi connectivity index (χ2v) is 5.72. The molecule has 0 saturated carbocycles. The average Bonchev–Trinajstić information content (AvgIpc) is 2.38. The van der Waals surface area contributed by atoms with E-state index in [-0.39, 0.29) is 18.6 Å². The Labute approximate surface area is 121 Å². The van der Waals surface area contributed by atoms with Crippen molar-refractivity contribution >= 4 is 23.6 Å². The Bertz CT molecular complexity index is 509. The van der Waals surface area contributed by atoms with Crippen LogP contribution in [0.4, 0.5) is 9.18 Å². The van der Waals surface area contributed by atoms with Crippen molar-refractivity contribution in [1.29, 1.82) is 0 Å². The van der Waals surface area contributed by atoms with Gasteiger partial charge in [0.05, 0.1) is 5.37 Å². The van der Waals surface area contributed by atoms with E-state index in [1.54, 1.807) is 19.1 Å². The number of ether oxygens (including phenoxy) is 1. The van der Waals surface area contributed by atoms with E-state index in [9.17, 15) is 14.0 Å². The van der Waals surface area contributed by atoms with Gasteiger partial charge in [-0.2, -0.15) is 0 Å². The standard InChI is InChI=1S/C14H16FNO3S/c1-2-5-12(15)19-14(18)16-13-8-10(17)9-6-3-4-7-11(9)20-13/h3-4,6-7,12-13H,2,5,8H2,1H3,(H,16,18). The Morgan fingerprint density at radius 1 is 1.55 bits per heavy atom.